The second-order valence-electron chi connectivity index (χ2n) is 6.61. The summed E-state index contributed by atoms with van der Waals surface area (Å²) in [5, 5.41) is 0. The molecule has 1 aliphatic carbocycles. The summed E-state index contributed by atoms with van der Waals surface area (Å²) in [7, 11) is -1.53. The van der Waals surface area contributed by atoms with Crippen LogP contribution < -0.4 is 14.4 Å². The first-order valence-corrected chi connectivity index (χ1v) is 10.1. The number of rotatable bonds is 5. The van der Waals surface area contributed by atoms with Gasteiger partial charge in [0.15, 0.2) is 0 Å². The van der Waals surface area contributed by atoms with E-state index in [4.69, 9.17) is 4.74 Å². The molecule has 1 aromatic rings. The molecule has 0 fully saturated rings. The summed E-state index contributed by atoms with van der Waals surface area (Å²) in [4.78, 5) is 2.40. The summed E-state index contributed by atoms with van der Waals surface area (Å²) in [5.74, 6) is 0.643. The Morgan fingerprint density at radius 1 is 1.29 bits per heavy atom. The Kier molecular flexibility index (Phi) is 5.15. The lowest BCUT2D eigenvalue weighted by Gasteiger charge is -2.28. The van der Waals surface area contributed by atoms with Crippen LogP contribution in [0.5, 0.6) is 5.75 Å². The zero-order chi connectivity index (χ0) is 17.2. The van der Waals surface area contributed by atoms with Crippen LogP contribution in [0.1, 0.15) is 37.7 Å². The second kappa shape index (κ2) is 7.15. The van der Waals surface area contributed by atoms with Crippen molar-refractivity contribution >= 4 is 15.7 Å². The number of benzene rings is 1. The van der Waals surface area contributed by atoms with Crippen LogP contribution in [0.3, 0.4) is 0 Å². The summed E-state index contributed by atoms with van der Waals surface area (Å²) in [6, 6.07) is 3.55. The predicted molar refractivity (Wildman–Crippen MR) is 96.3 cm³/mol. The van der Waals surface area contributed by atoms with Gasteiger partial charge in [0.2, 0.25) is 10.0 Å². The first-order valence-electron chi connectivity index (χ1n) is 8.63. The molecule has 0 saturated carbocycles. The molecule has 132 valence electrons. The van der Waals surface area contributed by atoms with Crippen LogP contribution >= 0.6 is 0 Å². The quantitative estimate of drug-likeness (QED) is 0.830. The second-order valence-corrected chi connectivity index (χ2v) is 8.35. The van der Waals surface area contributed by atoms with Crippen LogP contribution in [0.2, 0.25) is 0 Å². The van der Waals surface area contributed by atoms with Gasteiger partial charge in [0.1, 0.15) is 12.4 Å². The van der Waals surface area contributed by atoms with E-state index >= 15 is 0 Å². The molecule has 0 amide bonds. The minimum Gasteiger partial charge on any atom is -0.490 e. The minimum atomic E-state index is -3.52. The van der Waals surface area contributed by atoms with Crippen LogP contribution in [0, 0.1) is 6.92 Å². The molecule has 3 rings (SSSR count). The average molecular weight is 350 g/mol. The van der Waals surface area contributed by atoms with E-state index < -0.39 is 10.0 Å². The molecular formula is C18H26N2O3S. The van der Waals surface area contributed by atoms with Crippen molar-refractivity contribution in [2.75, 3.05) is 31.6 Å². The number of hydrogen-bond donors (Lipinski definition) is 1. The zero-order valence-electron chi connectivity index (χ0n) is 14.5. The van der Waals surface area contributed by atoms with Gasteiger partial charge >= 0.3 is 0 Å². The number of hydrogen-bond acceptors (Lipinski definition) is 4. The number of sulfonamides is 1. The molecule has 0 bridgehead atoms. The molecule has 0 saturated heterocycles. The maximum Gasteiger partial charge on any atom is 0.240 e. The number of ether oxygens (including phenoxy) is 1. The largest absolute Gasteiger partial charge is 0.490 e. The summed E-state index contributed by atoms with van der Waals surface area (Å²) in [6.07, 6.45) is 7.73. The normalized spacial score (nSPS) is 17.9. The third-order valence-corrected chi connectivity index (χ3v) is 6.37. The number of fused-ring (bicyclic) bond motifs is 1. The van der Waals surface area contributed by atoms with Gasteiger partial charge in [-0.3, -0.25) is 0 Å². The van der Waals surface area contributed by atoms with Gasteiger partial charge in [-0.25, -0.2) is 13.1 Å². The lowest BCUT2D eigenvalue weighted by atomic mass is 9.97. The Morgan fingerprint density at radius 3 is 2.88 bits per heavy atom. The molecule has 1 heterocycles. The summed E-state index contributed by atoms with van der Waals surface area (Å²) in [6.45, 7) is 3.67. The van der Waals surface area contributed by atoms with Crippen LogP contribution in [0.25, 0.3) is 0 Å². The van der Waals surface area contributed by atoms with Gasteiger partial charge in [-0.15, -0.1) is 0 Å². The predicted octanol–water partition coefficient (Wildman–Crippen LogP) is 2.99. The summed E-state index contributed by atoms with van der Waals surface area (Å²) in [5.41, 5.74) is 3.07. The molecule has 1 aromatic carbocycles. The Labute approximate surface area is 144 Å². The van der Waals surface area contributed by atoms with E-state index in [0.29, 0.717) is 23.8 Å². The molecule has 0 radical (unpaired) electrons. The molecule has 0 unspecified atom stereocenters. The van der Waals surface area contributed by atoms with Crippen LogP contribution in [0.4, 0.5) is 5.69 Å². The standard InChI is InChI=1S/C18H26N2O3S/c1-14-12-16-17(23-11-10-20(16)2)13-18(14)24(21,22)19-9-8-15-6-4-3-5-7-15/h6,12-13,19H,3-5,7-11H2,1-2H3. The van der Waals surface area contributed by atoms with Crippen LogP contribution in [-0.4, -0.2) is 35.2 Å². The van der Waals surface area contributed by atoms with E-state index in [0.717, 1.165) is 37.1 Å². The number of allylic oxidation sites excluding steroid dienone is 1. The SMILES string of the molecule is Cc1cc2c(cc1S(=O)(=O)NCCC1=CCCCC1)OCCN2C. The van der Waals surface area contributed by atoms with Crippen molar-refractivity contribution in [3.8, 4) is 5.75 Å². The smallest absolute Gasteiger partial charge is 0.240 e. The third kappa shape index (κ3) is 3.75. The van der Waals surface area contributed by atoms with E-state index in [9.17, 15) is 8.42 Å². The lowest BCUT2D eigenvalue weighted by Crippen LogP contribution is -2.30. The van der Waals surface area contributed by atoms with Crippen molar-refractivity contribution in [3.63, 3.8) is 0 Å². The van der Waals surface area contributed by atoms with Gasteiger partial charge in [-0.2, -0.15) is 0 Å². The summed E-state index contributed by atoms with van der Waals surface area (Å²) >= 11 is 0. The third-order valence-electron chi connectivity index (χ3n) is 4.76. The molecule has 1 aliphatic heterocycles. The molecule has 24 heavy (non-hydrogen) atoms. The highest BCUT2D eigenvalue weighted by Crippen LogP contribution is 2.35. The number of nitrogens with one attached hydrogen (secondary N) is 1. The van der Waals surface area contributed by atoms with Gasteiger partial charge in [0.05, 0.1) is 17.1 Å². The molecule has 5 nitrogen and oxygen atoms in total. The monoisotopic (exact) mass is 350 g/mol. The molecular weight excluding hydrogens is 324 g/mol. The Bertz CT molecular complexity index is 741. The van der Waals surface area contributed by atoms with Crippen molar-refractivity contribution < 1.29 is 13.2 Å². The average Bonchev–Trinajstić information content (AvgIpc) is 2.56. The maximum atomic E-state index is 12.7. The van der Waals surface area contributed by atoms with E-state index in [-0.39, 0.29) is 0 Å². The van der Waals surface area contributed by atoms with Gasteiger partial charge in [0.25, 0.3) is 0 Å². The van der Waals surface area contributed by atoms with Gasteiger partial charge in [-0.05, 0) is 50.7 Å². The van der Waals surface area contributed by atoms with Gasteiger partial charge < -0.3 is 9.64 Å². The molecule has 1 N–H and O–H groups in total. The first kappa shape index (κ1) is 17.3. The van der Waals surface area contributed by atoms with Crippen molar-refractivity contribution in [2.45, 2.75) is 43.9 Å². The van der Waals surface area contributed by atoms with E-state index in [2.05, 4.69) is 15.7 Å². The lowest BCUT2D eigenvalue weighted by molar-refractivity contribution is 0.310. The van der Waals surface area contributed by atoms with Crippen LogP contribution in [0.15, 0.2) is 28.7 Å². The topological polar surface area (TPSA) is 58.6 Å². The zero-order valence-corrected chi connectivity index (χ0v) is 15.3. The van der Waals surface area contributed by atoms with Gasteiger partial charge in [0, 0.05) is 19.7 Å². The molecule has 6 heteroatoms. The van der Waals surface area contributed by atoms with Crippen molar-refractivity contribution in [1.29, 1.82) is 0 Å². The van der Waals surface area contributed by atoms with Crippen LogP contribution in [-0.2, 0) is 10.0 Å². The molecule has 2 aliphatic rings. The number of anilines is 1. The van der Waals surface area contributed by atoms with E-state index in [1.807, 2.05) is 20.0 Å². The maximum absolute atomic E-state index is 12.7. The molecule has 0 atom stereocenters. The highest BCUT2D eigenvalue weighted by atomic mass is 32.2. The fourth-order valence-electron chi connectivity index (χ4n) is 3.33. The van der Waals surface area contributed by atoms with E-state index in [1.165, 1.54) is 18.4 Å². The fraction of sp³-hybridized carbons (Fsp3) is 0.556. The highest BCUT2D eigenvalue weighted by molar-refractivity contribution is 7.89. The fourth-order valence-corrected chi connectivity index (χ4v) is 4.60. The Hall–Kier alpha value is -1.53. The number of nitrogens with zero attached hydrogens (tertiary/aromatic N) is 1. The highest BCUT2D eigenvalue weighted by Gasteiger charge is 2.23. The number of aryl methyl sites for hydroxylation is 1. The number of likely N-dealkylation sites (N-methyl/N-ethyl adjacent to an activating group) is 1. The first-order chi connectivity index (χ1) is 11.5. The Morgan fingerprint density at radius 2 is 2.12 bits per heavy atom. The van der Waals surface area contributed by atoms with E-state index in [1.54, 1.807) is 6.07 Å². The van der Waals surface area contributed by atoms with Crippen molar-refractivity contribution in [3.05, 3.63) is 29.3 Å². The minimum absolute atomic E-state index is 0.314. The van der Waals surface area contributed by atoms with Gasteiger partial charge in [-0.1, -0.05) is 11.6 Å². The van der Waals surface area contributed by atoms with Crippen molar-refractivity contribution in [2.24, 2.45) is 0 Å². The summed E-state index contributed by atoms with van der Waals surface area (Å²) < 4.78 is 33.7. The Balaban J connectivity index is 1.73. The molecule has 0 aromatic heterocycles. The van der Waals surface area contributed by atoms with Crippen molar-refractivity contribution in [1.82, 2.24) is 4.72 Å². The molecule has 0 spiro atoms.